The highest BCUT2D eigenvalue weighted by atomic mass is 16.6. The SMILES string of the molecule is CCc1nc(-c2cccc(NC(=O)C3(C)CO3)c2)c2c(C(=O)O)c[nH]c2n1. The van der Waals surface area contributed by atoms with Gasteiger partial charge in [0.05, 0.1) is 23.3 Å². The fourth-order valence-electron chi connectivity index (χ4n) is 2.86. The molecule has 3 N–H and O–H groups in total. The maximum atomic E-state index is 12.2. The van der Waals surface area contributed by atoms with Crippen molar-refractivity contribution in [3.63, 3.8) is 0 Å². The molecule has 1 atom stereocenters. The predicted octanol–water partition coefficient (Wildman–Crippen LogP) is 2.61. The van der Waals surface area contributed by atoms with Crippen LogP contribution in [0, 0.1) is 0 Å². The number of nitrogens with one attached hydrogen (secondary N) is 2. The van der Waals surface area contributed by atoms with Gasteiger partial charge in [-0.15, -0.1) is 0 Å². The quantitative estimate of drug-likeness (QED) is 0.597. The van der Waals surface area contributed by atoms with Gasteiger partial charge in [-0.25, -0.2) is 14.8 Å². The van der Waals surface area contributed by atoms with Gasteiger partial charge in [-0.05, 0) is 19.1 Å². The molecule has 0 saturated carbocycles. The maximum Gasteiger partial charge on any atom is 0.338 e. The van der Waals surface area contributed by atoms with Gasteiger partial charge in [-0.2, -0.15) is 0 Å². The molecule has 138 valence electrons. The van der Waals surface area contributed by atoms with Gasteiger partial charge in [0.15, 0.2) is 5.60 Å². The highest BCUT2D eigenvalue weighted by Gasteiger charge is 2.47. The van der Waals surface area contributed by atoms with Crippen molar-refractivity contribution in [3.8, 4) is 11.3 Å². The summed E-state index contributed by atoms with van der Waals surface area (Å²) in [5, 5.41) is 12.8. The van der Waals surface area contributed by atoms with Crippen LogP contribution < -0.4 is 5.32 Å². The minimum Gasteiger partial charge on any atom is -0.478 e. The highest BCUT2D eigenvalue weighted by Crippen LogP contribution is 2.32. The van der Waals surface area contributed by atoms with E-state index in [0.29, 0.717) is 46.8 Å². The van der Waals surface area contributed by atoms with Crippen LogP contribution in [0.1, 0.15) is 30.0 Å². The van der Waals surface area contributed by atoms with Gasteiger partial charge in [0.25, 0.3) is 5.91 Å². The Balaban J connectivity index is 1.81. The Hall–Kier alpha value is -3.26. The van der Waals surface area contributed by atoms with Crippen molar-refractivity contribution in [1.29, 1.82) is 0 Å². The lowest BCUT2D eigenvalue weighted by Gasteiger charge is -2.11. The van der Waals surface area contributed by atoms with Crippen LogP contribution >= 0.6 is 0 Å². The molecule has 0 spiro atoms. The Morgan fingerprint density at radius 2 is 2.15 bits per heavy atom. The number of aromatic nitrogens is 3. The summed E-state index contributed by atoms with van der Waals surface area (Å²) >= 11 is 0. The largest absolute Gasteiger partial charge is 0.478 e. The molecule has 8 heteroatoms. The van der Waals surface area contributed by atoms with Gasteiger partial charge in [0, 0.05) is 23.9 Å². The first kappa shape index (κ1) is 17.2. The van der Waals surface area contributed by atoms with Crippen molar-refractivity contribution >= 4 is 28.6 Å². The van der Waals surface area contributed by atoms with E-state index in [1.165, 1.54) is 6.20 Å². The van der Waals surface area contributed by atoms with E-state index in [4.69, 9.17) is 4.74 Å². The Morgan fingerprint density at radius 1 is 1.37 bits per heavy atom. The first-order valence-electron chi connectivity index (χ1n) is 8.58. The summed E-state index contributed by atoms with van der Waals surface area (Å²) in [5.74, 6) is -0.669. The normalized spacial score (nSPS) is 18.4. The summed E-state index contributed by atoms with van der Waals surface area (Å²) in [4.78, 5) is 35.7. The number of fused-ring (bicyclic) bond motifs is 1. The zero-order valence-corrected chi connectivity index (χ0v) is 14.9. The number of aromatic carboxylic acids is 1. The number of hydrogen-bond acceptors (Lipinski definition) is 5. The molecule has 1 fully saturated rings. The van der Waals surface area contributed by atoms with Crippen molar-refractivity contribution < 1.29 is 19.4 Å². The Bertz CT molecular complexity index is 1070. The second kappa shape index (κ2) is 6.17. The number of nitrogens with zero attached hydrogens (tertiary/aromatic N) is 2. The van der Waals surface area contributed by atoms with E-state index >= 15 is 0 Å². The summed E-state index contributed by atoms with van der Waals surface area (Å²) in [6, 6.07) is 7.14. The van der Waals surface area contributed by atoms with Gasteiger partial charge in [-0.3, -0.25) is 4.79 Å². The zero-order valence-electron chi connectivity index (χ0n) is 14.9. The van der Waals surface area contributed by atoms with Crippen LogP contribution in [-0.4, -0.2) is 44.1 Å². The van der Waals surface area contributed by atoms with Crippen molar-refractivity contribution in [3.05, 3.63) is 41.9 Å². The number of carbonyl (C=O) groups excluding carboxylic acids is 1. The minimum atomic E-state index is -1.06. The molecular weight excluding hydrogens is 348 g/mol. The molecule has 8 nitrogen and oxygen atoms in total. The molecule has 1 aromatic carbocycles. The summed E-state index contributed by atoms with van der Waals surface area (Å²) in [7, 11) is 0. The van der Waals surface area contributed by atoms with Crippen LogP contribution in [0.15, 0.2) is 30.5 Å². The number of aryl methyl sites for hydroxylation is 1. The molecule has 1 unspecified atom stereocenters. The first-order chi connectivity index (χ1) is 12.9. The highest BCUT2D eigenvalue weighted by molar-refractivity contribution is 6.08. The molecule has 1 aliphatic rings. The molecule has 3 heterocycles. The molecule has 27 heavy (non-hydrogen) atoms. The second-order valence-corrected chi connectivity index (χ2v) is 6.63. The number of hydrogen-bond donors (Lipinski definition) is 3. The minimum absolute atomic E-state index is 0.107. The van der Waals surface area contributed by atoms with Gasteiger partial charge in [-0.1, -0.05) is 19.1 Å². The number of carbonyl (C=O) groups is 2. The first-order valence-corrected chi connectivity index (χ1v) is 8.58. The van der Waals surface area contributed by atoms with Crippen molar-refractivity contribution in [1.82, 2.24) is 15.0 Å². The number of anilines is 1. The molecule has 2 aromatic heterocycles. The van der Waals surface area contributed by atoms with Gasteiger partial charge < -0.3 is 20.1 Å². The average molecular weight is 366 g/mol. The number of H-pyrrole nitrogens is 1. The lowest BCUT2D eigenvalue weighted by molar-refractivity contribution is -0.120. The fraction of sp³-hybridized carbons (Fsp3) is 0.263. The van der Waals surface area contributed by atoms with Crippen LogP contribution in [-0.2, 0) is 16.0 Å². The monoisotopic (exact) mass is 366 g/mol. The maximum absolute atomic E-state index is 12.2. The third-order valence-electron chi connectivity index (χ3n) is 4.58. The van der Waals surface area contributed by atoms with Gasteiger partial charge in [0.2, 0.25) is 0 Å². The van der Waals surface area contributed by atoms with E-state index in [1.807, 2.05) is 13.0 Å². The van der Waals surface area contributed by atoms with Crippen molar-refractivity contribution in [2.45, 2.75) is 25.9 Å². The summed E-state index contributed by atoms with van der Waals surface area (Å²) in [6.45, 7) is 4.06. The van der Waals surface area contributed by atoms with Crippen molar-refractivity contribution in [2.24, 2.45) is 0 Å². The van der Waals surface area contributed by atoms with Crippen LogP contribution in [0.25, 0.3) is 22.3 Å². The number of rotatable bonds is 5. The molecular formula is C19H18N4O4. The predicted molar refractivity (Wildman–Crippen MR) is 98.6 cm³/mol. The second-order valence-electron chi connectivity index (χ2n) is 6.63. The lowest BCUT2D eigenvalue weighted by atomic mass is 10.0. The van der Waals surface area contributed by atoms with E-state index in [1.54, 1.807) is 25.1 Å². The number of carboxylic acid groups (broad SMARTS) is 1. The Labute approximate surface area is 154 Å². The third-order valence-corrected chi connectivity index (χ3v) is 4.58. The topological polar surface area (TPSA) is 121 Å². The molecule has 1 aliphatic heterocycles. The molecule has 1 amide bonds. The molecule has 0 aliphatic carbocycles. The molecule has 3 aromatic rings. The van der Waals surface area contributed by atoms with E-state index in [-0.39, 0.29) is 11.5 Å². The zero-order chi connectivity index (χ0) is 19.2. The van der Waals surface area contributed by atoms with Crippen LogP contribution in [0.4, 0.5) is 5.69 Å². The van der Waals surface area contributed by atoms with Crippen LogP contribution in [0.5, 0.6) is 0 Å². The molecule has 1 saturated heterocycles. The summed E-state index contributed by atoms with van der Waals surface area (Å²) in [6.07, 6.45) is 2.03. The van der Waals surface area contributed by atoms with E-state index in [2.05, 4.69) is 20.3 Å². The molecule has 0 bridgehead atoms. The molecule has 4 rings (SSSR count). The van der Waals surface area contributed by atoms with E-state index in [0.717, 1.165) is 0 Å². The average Bonchev–Trinajstić information content (AvgIpc) is 3.26. The molecule has 0 radical (unpaired) electrons. The van der Waals surface area contributed by atoms with Gasteiger partial charge in [0.1, 0.15) is 11.5 Å². The number of ether oxygens (including phenoxy) is 1. The fourth-order valence-corrected chi connectivity index (χ4v) is 2.86. The summed E-state index contributed by atoms with van der Waals surface area (Å²) in [5.41, 5.74) is 1.61. The summed E-state index contributed by atoms with van der Waals surface area (Å²) < 4.78 is 5.16. The number of aromatic amines is 1. The smallest absolute Gasteiger partial charge is 0.338 e. The standard InChI is InChI=1S/C19H18N4O4/c1-3-13-22-15(14-12(17(24)25)8-20-16(14)23-13)10-5-4-6-11(7-10)21-18(26)19(2)9-27-19/h4-8H,3,9H2,1-2H3,(H,21,26)(H,24,25)(H,20,22,23). The lowest BCUT2D eigenvalue weighted by Crippen LogP contribution is -2.28. The Kier molecular flexibility index (Phi) is 3.92. The number of amides is 1. The van der Waals surface area contributed by atoms with Gasteiger partial charge >= 0.3 is 5.97 Å². The van der Waals surface area contributed by atoms with Crippen molar-refractivity contribution in [2.75, 3.05) is 11.9 Å². The number of benzene rings is 1. The van der Waals surface area contributed by atoms with Crippen LogP contribution in [0.3, 0.4) is 0 Å². The number of carboxylic acids is 1. The van der Waals surface area contributed by atoms with Crippen LogP contribution in [0.2, 0.25) is 0 Å². The van der Waals surface area contributed by atoms with E-state index < -0.39 is 11.6 Å². The number of epoxide rings is 1. The third kappa shape index (κ3) is 3.04. The Morgan fingerprint density at radius 3 is 2.81 bits per heavy atom. The van der Waals surface area contributed by atoms with E-state index in [9.17, 15) is 14.7 Å².